The molecular formula is C23H26N2O4. The van der Waals surface area contributed by atoms with Crippen LogP contribution in [0.4, 0.5) is 5.69 Å². The van der Waals surface area contributed by atoms with Crippen molar-refractivity contribution in [2.24, 2.45) is 11.8 Å². The fourth-order valence-corrected chi connectivity index (χ4v) is 7.87. The Morgan fingerprint density at radius 3 is 2.86 bits per heavy atom. The molecule has 2 bridgehead atoms. The number of rotatable bonds is 2. The van der Waals surface area contributed by atoms with Crippen LogP contribution in [0.15, 0.2) is 23.8 Å². The van der Waals surface area contributed by atoms with Crippen LogP contribution >= 0.6 is 0 Å². The summed E-state index contributed by atoms with van der Waals surface area (Å²) in [6.07, 6.45) is 5.11. The highest BCUT2D eigenvalue weighted by Crippen LogP contribution is 2.66. The zero-order valence-corrected chi connectivity index (χ0v) is 16.9. The highest BCUT2D eigenvalue weighted by Gasteiger charge is 2.71. The van der Waals surface area contributed by atoms with E-state index in [1.165, 1.54) is 12.0 Å². The average molecular weight is 394 g/mol. The van der Waals surface area contributed by atoms with Crippen LogP contribution in [0.25, 0.3) is 0 Å². The first kappa shape index (κ1) is 16.7. The molecule has 4 fully saturated rings. The molecule has 29 heavy (non-hydrogen) atoms. The monoisotopic (exact) mass is 394 g/mol. The number of ether oxygens (including phenoxy) is 3. The smallest absolute Gasteiger partial charge is 0.229 e. The van der Waals surface area contributed by atoms with Gasteiger partial charge in [-0.05, 0) is 36.9 Å². The topological polar surface area (TPSA) is 51.2 Å². The highest BCUT2D eigenvalue weighted by atomic mass is 16.5. The van der Waals surface area contributed by atoms with Crippen molar-refractivity contribution in [3.8, 4) is 11.5 Å². The summed E-state index contributed by atoms with van der Waals surface area (Å²) in [5.41, 5.74) is 3.85. The molecule has 0 unspecified atom stereocenters. The molecule has 5 aliphatic heterocycles. The lowest BCUT2D eigenvalue weighted by Crippen LogP contribution is -2.69. The van der Waals surface area contributed by atoms with Crippen molar-refractivity contribution in [1.29, 1.82) is 0 Å². The van der Waals surface area contributed by atoms with Crippen LogP contribution < -0.4 is 14.4 Å². The van der Waals surface area contributed by atoms with Gasteiger partial charge in [0, 0.05) is 30.0 Å². The second-order valence-corrected chi connectivity index (χ2v) is 9.48. The number of hydrogen-bond acceptors (Lipinski definition) is 5. The van der Waals surface area contributed by atoms with Gasteiger partial charge >= 0.3 is 0 Å². The number of fused-ring (bicyclic) bond motifs is 2. The molecule has 1 amide bonds. The third-order valence-corrected chi connectivity index (χ3v) is 8.81. The summed E-state index contributed by atoms with van der Waals surface area (Å²) < 4.78 is 17.6. The summed E-state index contributed by atoms with van der Waals surface area (Å²) in [6, 6.07) is 4.87. The van der Waals surface area contributed by atoms with Crippen LogP contribution in [0.5, 0.6) is 11.5 Å². The first-order valence-corrected chi connectivity index (χ1v) is 10.8. The number of carbonyl (C=O) groups is 1. The maximum atomic E-state index is 13.5. The van der Waals surface area contributed by atoms with Gasteiger partial charge in [0.2, 0.25) is 5.91 Å². The Bertz CT molecular complexity index is 974. The minimum atomic E-state index is -0.0242. The molecule has 1 aromatic rings. The first-order valence-electron chi connectivity index (χ1n) is 10.8. The Morgan fingerprint density at radius 2 is 2.03 bits per heavy atom. The fourth-order valence-electron chi connectivity index (χ4n) is 7.87. The molecule has 1 saturated carbocycles. The largest absolute Gasteiger partial charge is 0.493 e. The Morgan fingerprint density at radius 1 is 1.21 bits per heavy atom. The van der Waals surface area contributed by atoms with Gasteiger partial charge < -0.3 is 19.1 Å². The van der Waals surface area contributed by atoms with Crippen LogP contribution in [-0.4, -0.2) is 62.9 Å². The predicted molar refractivity (Wildman–Crippen MR) is 107 cm³/mol. The molecule has 5 heterocycles. The second-order valence-electron chi connectivity index (χ2n) is 9.48. The zero-order chi connectivity index (χ0) is 19.5. The maximum Gasteiger partial charge on any atom is 0.229 e. The maximum absolute atomic E-state index is 13.5. The number of piperidine rings is 2. The summed E-state index contributed by atoms with van der Waals surface area (Å²) in [6.45, 7) is 2.80. The van der Waals surface area contributed by atoms with Crippen molar-refractivity contribution in [3.63, 3.8) is 0 Å². The van der Waals surface area contributed by atoms with Gasteiger partial charge in [-0.1, -0.05) is 11.6 Å². The Labute approximate surface area is 170 Å². The number of benzene rings is 1. The number of carbonyl (C=O) groups excluding carboxylic acids is 1. The fraction of sp³-hybridized carbons (Fsp3) is 0.609. The average Bonchev–Trinajstić information content (AvgIpc) is 3.20. The molecule has 7 rings (SSSR count). The van der Waals surface area contributed by atoms with Crippen molar-refractivity contribution < 1.29 is 19.0 Å². The van der Waals surface area contributed by atoms with Gasteiger partial charge in [0.15, 0.2) is 11.5 Å². The Hall–Kier alpha value is -2.05. The van der Waals surface area contributed by atoms with Gasteiger partial charge in [0.25, 0.3) is 0 Å². The van der Waals surface area contributed by atoms with Crippen molar-refractivity contribution in [2.45, 2.75) is 42.9 Å². The second kappa shape index (κ2) is 5.35. The van der Waals surface area contributed by atoms with Gasteiger partial charge in [-0.15, -0.1) is 0 Å². The summed E-state index contributed by atoms with van der Waals surface area (Å²) in [5, 5.41) is 0. The minimum absolute atomic E-state index is 0.0242. The summed E-state index contributed by atoms with van der Waals surface area (Å²) >= 11 is 0. The minimum Gasteiger partial charge on any atom is -0.493 e. The normalized spacial score (nSPS) is 41.0. The summed E-state index contributed by atoms with van der Waals surface area (Å²) in [5.74, 6) is 2.57. The van der Waals surface area contributed by atoms with E-state index in [2.05, 4.69) is 21.9 Å². The van der Waals surface area contributed by atoms with Crippen LogP contribution in [-0.2, 0) is 14.9 Å². The molecule has 6 nitrogen and oxygen atoms in total. The molecule has 6 aliphatic rings. The van der Waals surface area contributed by atoms with E-state index in [1.807, 2.05) is 6.07 Å². The molecule has 6 atom stereocenters. The van der Waals surface area contributed by atoms with Crippen molar-refractivity contribution in [2.75, 3.05) is 38.8 Å². The Kier molecular flexibility index (Phi) is 3.08. The zero-order valence-electron chi connectivity index (χ0n) is 16.9. The number of amides is 1. The predicted octanol–water partition coefficient (Wildman–Crippen LogP) is 2.11. The lowest BCUT2D eigenvalue weighted by molar-refractivity contribution is -0.132. The van der Waals surface area contributed by atoms with Crippen molar-refractivity contribution in [3.05, 3.63) is 29.3 Å². The summed E-state index contributed by atoms with van der Waals surface area (Å²) in [7, 11) is 3.36. The molecule has 1 aliphatic carbocycles. The van der Waals surface area contributed by atoms with Crippen LogP contribution in [0.1, 0.15) is 24.8 Å². The standard InChI is InChI=1S/C23H26N2O4/c1-27-16-8-14-15(9-17(16)28-2)25-20(26)10-18-21-13-7-19-23(14,22(21)25)4-5-24(19)11-12(13)3-6-29-18/h3,8-9,13,18-19,21-22H,4-7,10-11H2,1-2H3/t13-,18-,19+,21-,22+,23+/m1/s1. The number of hydrogen-bond donors (Lipinski definition) is 0. The lowest BCUT2D eigenvalue weighted by Gasteiger charge is -2.58. The van der Waals surface area contributed by atoms with Crippen molar-refractivity contribution >= 4 is 11.6 Å². The highest BCUT2D eigenvalue weighted by molar-refractivity contribution is 5.99. The molecule has 152 valence electrons. The Balaban J connectivity index is 1.52. The molecule has 0 aromatic heterocycles. The molecule has 6 heteroatoms. The van der Waals surface area contributed by atoms with E-state index in [-0.39, 0.29) is 23.5 Å². The van der Waals surface area contributed by atoms with E-state index in [1.54, 1.807) is 19.8 Å². The molecule has 1 spiro atoms. The van der Waals surface area contributed by atoms with Gasteiger partial charge in [0.1, 0.15) is 0 Å². The molecular weight excluding hydrogens is 368 g/mol. The van der Waals surface area contributed by atoms with E-state index in [0.717, 1.165) is 30.9 Å². The first-order chi connectivity index (χ1) is 14.2. The van der Waals surface area contributed by atoms with Gasteiger partial charge in [-0.25, -0.2) is 0 Å². The van der Waals surface area contributed by atoms with E-state index >= 15 is 0 Å². The quantitative estimate of drug-likeness (QED) is 0.719. The van der Waals surface area contributed by atoms with E-state index in [9.17, 15) is 4.79 Å². The number of anilines is 1. The van der Waals surface area contributed by atoms with Gasteiger partial charge in [-0.3, -0.25) is 9.69 Å². The molecule has 0 N–H and O–H groups in total. The van der Waals surface area contributed by atoms with Crippen LogP contribution in [0.2, 0.25) is 0 Å². The van der Waals surface area contributed by atoms with E-state index < -0.39 is 0 Å². The SMILES string of the molecule is COc1cc2c(cc1OC)[C@]13CCN4CC5=CCO[C@@H]6CC(=O)N2[C@H]1[C@@H]6[C@@H]5C[C@H]43. The number of methoxy groups -OCH3 is 2. The van der Waals surface area contributed by atoms with Crippen LogP contribution in [0, 0.1) is 11.8 Å². The van der Waals surface area contributed by atoms with E-state index in [4.69, 9.17) is 14.2 Å². The van der Waals surface area contributed by atoms with Crippen LogP contribution in [0.3, 0.4) is 0 Å². The third-order valence-electron chi connectivity index (χ3n) is 8.81. The number of nitrogens with zero attached hydrogens (tertiary/aromatic N) is 2. The molecule has 0 radical (unpaired) electrons. The van der Waals surface area contributed by atoms with Crippen molar-refractivity contribution in [1.82, 2.24) is 4.90 Å². The van der Waals surface area contributed by atoms with E-state index in [0.29, 0.717) is 36.7 Å². The lowest BCUT2D eigenvalue weighted by atomic mass is 9.53. The third kappa shape index (κ3) is 1.76. The summed E-state index contributed by atoms with van der Waals surface area (Å²) in [4.78, 5) is 18.3. The van der Waals surface area contributed by atoms with Gasteiger partial charge in [-0.2, -0.15) is 0 Å². The molecule has 1 aromatic carbocycles. The van der Waals surface area contributed by atoms with Gasteiger partial charge in [0.05, 0.1) is 45.1 Å². The molecule has 3 saturated heterocycles.